The van der Waals surface area contributed by atoms with Crippen molar-refractivity contribution in [3.05, 3.63) is 24.3 Å². The highest BCUT2D eigenvalue weighted by Crippen LogP contribution is 2.08. The number of rotatable bonds is 6. The maximum absolute atomic E-state index is 11.2. The van der Waals surface area contributed by atoms with Crippen LogP contribution in [-0.4, -0.2) is 12.6 Å². The van der Waals surface area contributed by atoms with Gasteiger partial charge in [0, 0.05) is 17.6 Å². The number of hydrogen-bond donors (Lipinski definition) is 0. The zero-order valence-electron chi connectivity index (χ0n) is 8.51. The SMILES string of the molecule is C=C(C#N)CC(=C)C(=O)OCCCC. The van der Waals surface area contributed by atoms with Crippen LogP contribution in [0.2, 0.25) is 0 Å². The van der Waals surface area contributed by atoms with Crippen molar-refractivity contribution in [3.8, 4) is 6.07 Å². The van der Waals surface area contributed by atoms with Crippen LogP contribution in [0.3, 0.4) is 0 Å². The summed E-state index contributed by atoms with van der Waals surface area (Å²) >= 11 is 0. The Morgan fingerprint density at radius 2 is 2.14 bits per heavy atom. The van der Waals surface area contributed by atoms with Crippen LogP contribution in [0.15, 0.2) is 24.3 Å². The van der Waals surface area contributed by atoms with Crippen LogP contribution >= 0.6 is 0 Å². The lowest BCUT2D eigenvalue weighted by atomic mass is 10.1. The van der Waals surface area contributed by atoms with Crippen LogP contribution in [0.4, 0.5) is 0 Å². The predicted molar refractivity (Wildman–Crippen MR) is 54.4 cm³/mol. The van der Waals surface area contributed by atoms with Crippen LogP contribution in [0, 0.1) is 11.3 Å². The Bertz CT molecular complexity index is 274. The molecule has 76 valence electrons. The molecule has 3 nitrogen and oxygen atoms in total. The van der Waals surface area contributed by atoms with Gasteiger partial charge in [0.1, 0.15) is 0 Å². The Balaban J connectivity index is 3.84. The number of unbranched alkanes of at least 4 members (excludes halogenated alkanes) is 1. The van der Waals surface area contributed by atoms with E-state index in [-0.39, 0.29) is 12.0 Å². The topological polar surface area (TPSA) is 50.1 Å². The largest absolute Gasteiger partial charge is 0.462 e. The number of hydrogen-bond acceptors (Lipinski definition) is 3. The van der Waals surface area contributed by atoms with E-state index < -0.39 is 5.97 Å². The number of ether oxygens (including phenoxy) is 1. The number of nitriles is 1. The molecule has 0 rings (SSSR count). The summed E-state index contributed by atoms with van der Waals surface area (Å²) in [6.45, 7) is 9.42. The molecule has 0 aliphatic carbocycles. The summed E-state index contributed by atoms with van der Waals surface area (Å²) in [7, 11) is 0. The van der Waals surface area contributed by atoms with Gasteiger partial charge in [-0.2, -0.15) is 5.26 Å². The van der Waals surface area contributed by atoms with E-state index in [1.54, 1.807) is 0 Å². The minimum atomic E-state index is -0.435. The molecule has 0 N–H and O–H groups in total. The molecular formula is C11H15NO2. The molecule has 0 aliphatic heterocycles. The zero-order chi connectivity index (χ0) is 11.0. The number of allylic oxidation sites excluding steroid dienone is 1. The second-order valence-corrected chi connectivity index (χ2v) is 2.99. The van der Waals surface area contributed by atoms with Crippen molar-refractivity contribution in [2.24, 2.45) is 0 Å². The Hall–Kier alpha value is -1.56. The highest BCUT2D eigenvalue weighted by molar-refractivity contribution is 5.88. The van der Waals surface area contributed by atoms with E-state index in [4.69, 9.17) is 10.00 Å². The van der Waals surface area contributed by atoms with Gasteiger partial charge in [-0.15, -0.1) is 0 Å². The first-order chi connectivity index (χ1) is 6.61. The van der Waals surface area contributed by atoms with E-state index >= 15 is 0 Å². The minimum absolute atomic E-state index is 0.196. The average molecular weight is 193 g/mol. The van der Waals surface area contributed by atoms with Crippen LogP contribution in [0.25, 0.3) is 0 Å². The lowest BCUT2D eigenvalue weighted by molar-refractivity contribution is -0.139. The van der Waals surface area contributed by atoms with Gasteiger partial charge in [0.2, 0.25) is 0 Å². The van der Waals surface area contributed by atoms with Gasteiger partial charge >= 0.3 is 5.97 Å². The summed E-state index contributed by atoms with van der Waals surface area (Å²) in [4.78, 5) is 11.2. The monoisotopic (exact) mass is 193 g/mol. The Labute approximate surface area is 84.7 Å². The van der Waals surface area contributed by atoms with Crippen molar-refractivity contribution in [3.63, 3.8) is 0 Å². The van der Waals surface area contributed by atoms with Crippen molar-refractivity contribution in [2.75, 3.05) is 6.61 Å². The summed E-state index contributed by atoms with van der Waals surface area (Å²) in [5, 5.41) is 8.44. The molecule has 0 aromatic carbocycles. The second-order valence-electron chi connectivity index (χ2n) is 2.99. The molecule has 0 aromatic rings. The van der Waals surface area contributed by atoms with Crippen molar-refractivity contribution in [2.45, 2.75) is 26.2 Å². The highest BCUT2D eigenvalue weighted by Gasteiger charge is 2.08. The first kappa shape index (κ1) is 12.4. The van der Waals surface area contributed by atoms with Gasteiger partial charge in [-0.25, -0.2) is 4.79 Å². The molecule has 0 radical (unpaired) electrons. The summed E-state index contributed by atoms with van der Waals surface area (Å²) in [5.74, 6) is -0.435. The van der Waals surface area contributed by atoms with Gasteiger partial charge in [-0.05, 0) is 6.42 Å². The quantitative estimate of drug-likeness (QED) is 0.281. The summed E-state index contributed by atoms with van der Waals surface area (Å²) in [6.07, 6.45) is 2.02. The van der Waals surface area contributed by atoms with E-state index in [1.807, 2.05) is 13.0 Å². The van der Waals surface area contributed by atoms with E-state index in [0.717, 1.165) is 12.8 Å². The van der Waals surface area contributed by atoms with Crippen LogP contribution in [0.1, 0.15) is 26.2 Å². The average Bonchev–Trinajstić information content (AvgIpc) is 2.17. The molecule has 0 aliphatic rings. The number of carbonyl (C=O) groups is 1. The first-order valence-electron chi connectivity index (χ1n) is 4.54. The number of nitrogens with zero attached hydrogens (tertiary/aromatic N) is 1. The fraction of sp³-hybridized carbons (Fsp3) is 0.455. The number of esters is 1. The van der Waals surface area contributed by atoms with Crippen LogP contribution < -0.4 is 0 Å². The summed E-state index contributed by atoms with van der Waals surface area (Å²) < 4.78 is 4.90. The molecule has 0 fully saturated rings. The Morgan fingerprint density at radius 3 is 2.64 bits per heavy atom. The number of carbonyl (C=O) groups excluding carboxylic acids is 1. The highest BCUT2D eigenvalue weighted by atomic mass is 16.5. The fourth-order valence-corrected chi connectivity index (χ4v) is 0.781. The van der Waals surface area contributed by atoms with Crippen LogP contribution in [0.5, 0.6) is 0 Å². The molecule has 0 bridgehead atoms. The molecule has 0 saturated heterocycles. The molecule has 3 heteroatoms. The summed E-state index contributed by atoms with van der Waals surface area (Å²) in [6, 6.07) is 1.85. The maximum atomic E-state index is 11.2. The van der Waals surface area contributed by atoms with Crippen LogP contribution in [-0.2, 0) is 9.53 Å². The molecule has 0 unspecified atom stereocenters. The minimum Gasteiger partial charge on any atom is -0.462 e. The lowest BCUT2D eigenvalue weighted by Gasteiger charge is -2.04. The van der Waals surface area contributed by atoms with E-state index in [2.05, 4.69) is 13.2 Å². The van der Waals surface area contributed by atoms with Gasteiger partial charge in [-0.1, -0.05) is 26.5 Å². The lowest BCUT2D eigenvalue weighted by Crippen LogP contribution is -2.08. The molecule has 0 saturated carbocycles. The molecule has 0 heterocycles. The van der Waals surface area contributed by atoms with Gasteiger partial charge in [0.05, 0.1) is 12.7 Å². The normalized spacial score (nSPS) is 8.86. The van der Waals surface area contributed by atoms with Gasteiger partial charge in [0.25, 0.3) is 0 Å². The van der Waals surface area contributed by atoms with Gasteiger partial charge in [0.15, 0.2) is 0 Å². The third-order valence-corrected chi connectivity index (χ3v) is 1.60. The van der Waals surface area contributed by atoms with E-state index in [1.165, 1.54) is 0 Å². The Morgan fingerprint density at radius 1 is 1.50 bits per heavy atom. The second kappa shape index (κ2) is 6.90. The molecular weight excluding hydrogens is 178 g/mol. The van der Waals surface area contributed by atoms with Crippen molar-refractivity contribution in [1.82, 2.24) is 0 Å². The molecule has 0 spiro atoms. The first-order valence-corrected chi connectivity index (χ1v) is 4.54. The summed E-state index contributed by atoms with van der Waals surface area (Å²) in [5.41, 5.74) is 0.607. The smallest absolute Gasteiger partial charge is 0.333 e. The van der Waals surface area contributed by atoms with Gasteiger partial charge in [-0.3, -0.25) is 0 Å². The molecule has 0 aromatic heterocycles. The standard InChI is InChI=1S/C11H15NO2/c1-4-5-6-14-11(13)10(3)7-9(2)8-12/h2-7H2,1H3. The molecule has 0 atom stereocenters. The van der Waals surface area contributed by atoms with Gasteiger partial charge < -0.3 is 4.74 Å². The maximum Gasteiger partial charge on any atom is 0.333 e. The third kappa shape index (κ3) is 5.15. The molecule has 14 heavy (non-hydrogen) atoms. The predicted octanol–water partition coefficient (Wildman–Crippen LogP) is 2.36. The fourth-order valence-electron chi connectivity index (χ4n) is 0.781. The Kier molecular flexibility index (Phi) is 6.13. The molecule has 0 amide bonds. The van der Waals surface area contributed by atoms with Crippen molar-refractivity contribution < 1.29 is 9.53 Å². The van der Waals surface area contributed by atoms with E-state index in [0.29, 0.717) is 12.2 Å². The van der Waals surface area contributed by atoms with E-state index in [9.17, 15) is 4.79 Å². The van der Waals surface area contributed by atoms with Crippen molar-refractivity contribution in [1.29, 1.82) is 5.26 Å². The zero-order valence-corrected chi connectivity index (χ0v) is 8.51. The van der Waals surface area contributed by atoms with Crippen molar-refractivity contribution >= 4 is 5.97 Å². The third-order valence-electron chi connectivity index (χ3n) is 1.60.